The van der Waals surface area contributed by atoms with Crippen LogP contribution in [0.5, 0.6) is 11.5 Å². The van der Waals surface area contributed by atoms with Crippen LogP contribution < -0.4 is 14.8 Å². The van der Waals surface area contributed by atoms with Crippen LogP contribution in [0.1, 0.15) is 29.3 Å². The number of urea groups is 1. The summed E-state index contributed by atoms with van der Waals surface area (Å²) in [5.74, 6) is 1.48. The molecule has 1 fully saturated rings. The van der Waals surface area contributed by atoms with Gasteiger partial charge >= 0.3 is 6.03 Å². The number of aryl methyl sites for hydroxylation is 1. The zero-order valence-corrected chi connectivity index (χ0v) is 14.9. The smallest absolute Gasteiger partial charge is 0.324 e. The van der Waals surface area contributed by atoms with E-state index in [1.165, 1.54) is 11.3 Å². The molecule has 3 rings (SSSR count). The van der Waals surface area contributed by atoms with Gasteiger partial charge in [0.1, 0.15) is 11.5 Å². The third kappa shape index (κ3) is 3.31. The Morgan fingerprint density at radius 3 is 2.88 bits per heavy atom. The molecule has 1 aromatic carbocycles. The van der Waals surface area contributed by atoms with Crippen LogP contribution >= 0.6 is 11.3 Å². The lowest BCUT2D eigenvalue weighted by molar-refractivity contribution is 0.206. The van der Waals surface area contributed by atoms with Crippen molar-refractivity contribution in [3.05, 3.63) is 34.8 Å². The average Bonchev–Trinajstić information content (AvgIpc) is 3.23. The minimum atomic E-state index is -0.121. The number of anilines is 1. The van der Waals surface area contributed by atoms with Gasteiger partial charge in [-0.05, 0) is 31.9 Å². The summed E-state index contributed by atoms with van der Waals surface area (Å²) in [6, 6.07) is 5.60. The monoisotopic (exact) mass is 347 g/mol. The molecule has 1 aliphatic heterocycles. The van der Waals surface area contributed by atoms with Crippen molar-refractivity contribution in [1.29, 1.82) is 0 Å². The Morgan fingerprint density at radius 2 is 2.21 bits per heavy atom. The van der Waals surface area contributed by atoms with Gasteiger partial charge in [-0.25, -0.2) is 9.78 Å². The summed E-state index contributed by atoms with van der Waals surface area (Å²) in [4.78, 5) is 19.8. The molecular formula is C17H21N3O3S. The van der Waals surface area contributed by atoms with Gasteiger partial charge in [0, 0.05) is 29.2 Å². The van der Waals surface area contributed by atoms with Crippen LogP contribution in [-0.4, -0.2) is 36.7 Å². The predicted molar refractivity (Wildman–Crippen MR) is 94.1 cm³/mol. The first kappa shape index (κ1) is 16.6. The highest BCUT2D eigenvalue weighted by Gasteiger charge is 2.32. The number of nitrogens with zero attached hydrogens (tertiary/aromatic N) is 2. The van der Waals surface area contributed by atoms with E-state index in [0.717, 1.165) is 41.3 Å². The maximum Gasteiger partial charge on any atom is 0.324 e. The molecule has 2 aromatic rings. The number of carbonyl (C=O) groups is 1. The Kier molecular flexibility index (Phi) is 4.89. The standard InChI is InChI=1S/C17H21N3O3S/c1-11-10-18-16(24-11)19-17(21)20-8-4-5-14(20)13-7-6-12(22-2)9-15(13)23-3/h6-7,9-10,14H,4-5,8H2,1-3H3,(H,18,19,21). The first-order valence-electron chi connectivity index (χ1n) is 7.84. The van der Waals surface area contributed by atoms with Crippen LogP contribution in [0, 0.1) is 6.92 Å². The highest BCUT2D eigenvalue weighted by atomic mass is 32.1. The molecular weight excluding hydrogens is 326 g/mol. The van der Waals surface area contributed by atoms with Crippen molar-refractivity contribution < 1.29 is 14.3 Å². The van der Waals surface area contributed by atoms with Crippen molar-refractivity contribution in [1.82, 2.24) is 9.88 Å². The molecule has 0 aliphatic carbocycles. The molecule has 1 N–H and O–H groups in total. The van der Waals surface area contributed by atoms with Gasteiger partial charge in [-0.2, -0.15) is 0 Å². The SMILES string of the molecule is COc1ccc(C2CCCN2C(=O)Nc2ncc(C)s2)c(OC)c1. The van der Waals surface area contributed by atoms with E-state index in [9.17, 15) is 4.79 Å². The molecule has 2 heterocycles. The van der Waals surface area contributed by atoms with Gasteiger partial charge in [-0.15, -0.1) is 11.3 Å². The number of carbonyl (C=O) groups excluding carboxylic acids is 1. The second-order valence-corrected chi connectivity index (χ2v) is 6.90. The molecule has 2 amide bonds. The topological polar surface area (TPSA) is 63.7 Å². The molecule has 128 valence electrons. The van der Waals surface area contributed by atoms with Gasteiger partial charge in [0.2, 0.25) is 0 Å². The molecule has 1 aliphatic rings. The molecule has 1 unspecified atom stereocenters. The number of thiazole rings is 1. The van der Waals surface area contributed by atoms with Crippen LogP contribution in [-0.2, 0) is 0 Å². The van der Waals surface area contributed by atoms with Gasteiger partial charge in [0.25, 0.3) is 0 Å². The van der Waals surface area contributed by atoms with E-state index in [0.29, 0.717) is 5.13 Å². The quantitative estimate of drug-likeness (QED) is 0.913. The van der Waals surface area contributed by atoms with E-state index in [1.807, 2.05) is 30.0 Å². The van der Waals surface area contributed by atoms with Crippen molar-refractivity contribution in [2.24, 2.45) is 0 Å². The van der Waals surface area contributed by atoms with Gasteiger partial charge in [0.15, 0.2) is 5.13 Å². The first-order chi connectivity index (χ1) is 11.6. The number of methoxy groups -OCH3 is 2. The van der Waals surface area contributed by atoms with E-state index in [-0.39, 0.29) is 12.1 Å². The van der Waals surface area contributed by atoms with Crippen molar-refractivity contribution in [3.8, 4) is 11.5 Å². The zero-order chi connectivity index (χ0) is 17.1. The van der Waals surface area contributed by atoms with Crippen LogP contribution in [0.4, 0.5) is 9.93 Å². The van der Waals surface area contributed by atoms with Crippen molar-refractivity contribution in [2.75, 3.05) is 26.1 Å². The number of aromatic nitrogens is 1. The molecule has 1 aromatic heterocycles. The van der Waals surface area contributed by atoms with Gasteiger partial charge in [-0.3, -0.25) is 5.32 Å². The fraction of sp³-hybridized carbons (Fsp3) is 0.412. The number of hydrogen-bond donors (Lipinski definition) is 1. The van der Waals surface area contributed by atoms with Crippen molar-refractivity contribution in [3.63, 3.8) is 0 Å². The number of likely N-dealkylation sites (tertiary alicyclic amines) is 1. The minimum absolute atomic E-state index is 0.00749. The van der Waals surface area contributed by atoms with Crippen LogP contribution in [0.15, 0.2) is 24.4 Å². The summed E-state index contributed by atoms with van der Waals surface area (Å²) in [7, 11) is 3.26. The van der Waals surface area contributed by atoms with Crippen LogP contribution in [0.25, 0.3) is 0 Å². The van der Waals surface area contributed by atoms with Gasteiger partial charge in [0.05, 0.1) is 20.3 Å². The highest BCUT2D eigenvalue weighted by Crippen LogP contribution is 2.39. The van der Waals surface area contributed by atoms with E-state index in [1.54, 1.807) is 20.4 Å². The lowest BCUT2D eigenvalue weighted by Gasteiger charge is -2.26. The Balaban J connectivity index is 1.81. The first-order valence-corrected chi connectivity index (χ1v) is 8.66. The maximum atomic E-state index is 12.6. The Bertz CT molecular complexity index is 732. The second kappa shape index (κ2) is 7.09. The molecule has 0 saturated carbocycles. The second-order valence-electron chi connectivity index (χ2n) is 5.67. The average molecular weight is 347 g/mol. The maximum absolute atomic E-state index is 12.6. The van der Waals surface area contributed by atoms with E-state index < -0.39 is 0 Å². The zero-order valence-electron chi connectivity index (χ0n) is 14.0. The predicted octanol–water partition coefficient (Wildman–Crippen LogP) is 3.84. The number of nitrogens with one attached hydrogen (secondary N) is 1. The van der Waals surface area contributed by atoms with Crippen molar-refractivity contribution in [2.45, 2.75) is 25.8 Å². The lowest BCUT2D eigenvalue weighted by atomic mass is 10.0. The molecule has 0 spiro atoms. The largest absolute Gasteiger partial charge is 0.497 e. The fourth-order valence-corrected chi connectivity index (χ4v) is 3.66. The minimum Gasteiger partial charge on any atom is -0.497 e. The fourth-order valence-electron chi connectivity index (χ4n) is 3.00. The molecule has 1 saturated heterocycles. The van der Waals surface area contributed by atoms with Crippen molar-refractivity contribution >= 4 is 22.5 Å². The molecule has 1 atom stereocenters. The Morgan fingerprint density at radius 1 is 1.38 bits per heavy atom. The lowest BCUT2D eigenvalue weighted by Crippen LogP contribution is -2.34. The number of ether oxygens (including phenoxy) is 2. The van der Waals surface area contributed by atoms with Gasteiger partial charge in [-0.1, -0.05) is 0 Å². The van der Waals surface area contributed by atoms with Crippen LogP contribution in [0.3, 0.4) is 0 Å². The van der Waals surface area contributed by atoms with E-state index in [4.69, 9.17) is 9.47 Å². The van der Waals surface area contributed by atoms with Crippen LogP contribution in [0.2, 0.25) is 0 Å². The summed E-state index contributed by atoms with van der Waals surface area (Å²) >= 11 is 1.47. The van der Waals surface area contributed by atoms with Gasteiger partial charge < -0.3 is 14.4 Å². The summed E-state index contributed by atoms with van der Waals surface area (Å²) in [5, 5.41) is 3.52. The third-order valence-electron chi connectivity index (χ3n) is 4.15. The molecule has 0 radical (unpaired) electrons. The third-order valence-corrected chi connectivity index (χ3v) is 4.98. The summed E-state index contributed by atoms with van der Waals surface area (Å²) in [6.07, 6.45) is 3.63. The summed E-state index contributed by atoms with van der Waals surface area (Å²) in [6.45, 7) is 2.68. The number of benzene rings is 1. The number of hydrogen-bond acceptors (Lipinski definition) is 5. The molecule has 7 heteroatoms. The molecule has 0 bridgehead atoms. The molecule has 24 heavy (non-hydrogen) atoms. The Labute approximate surface area is 145 Å². The Hall–Kier alpha value is -2.28. The van der Waals surface area contributed by atoms with E-state index >= 15 is 0 Å². The normalized spacial score (nSPS) is 17.0. The summed E-state index contributed by atoms with van der Waals surface area (Å²) < 4.78 is 10.8. The molecule has 6 nitrogen and oxygen atoms in total. The van der Waals surface area contributed by atoms with E-state index in [2.05, 4.69) is 10.3 Å². The summed E-state index contributed by atoms with van der Waals surface area (Å²) in [5.41, 5.74) is 1.00. The number of rotatable bonds is 4. The highest BCUT2D eigenvalue weighted by molar-refractivity contribution is 7.15. The number of amides is 2.